The summed E-state index contributed by atoms with van der Waals surface area (Å²) in [6, 6.07) is 8.57. The third-order valence-corrected chi connectivity index (χ3v) is 3.33. The van der Waals surface area contributed by atoms with Gasteiger partial charge in [0.05, 0.1) is 0 Å². The standard InChI is InChI=1S/C14H15NS/c1-2-13-5-7-14(8-6-13)9-11-15-10-3-4-12-16-15/h2-8,10,12H,1,9,11H2. The summed E-state index contributed by atoms with van der Waals surface area (Å²) in [5.74, 6) is 0. The smallest absolute Gasteiger partial charge is 0.0332 e. The Kier molecular flexibility index (Phi) is 3.89. The van der Waals surface area contributed by atoms with E-state index in [9.17, 15) is 0 Å². The Balaban J connectivity index is 1.87. The molecule has 0 bridgehead atoms. The van der Waals surface area contributed by atoms with Gasteiger partial charge in [-0.1, -0.05) is 43.0 Å². The molecule has 1 aliphatic rings. The zero-order chi connectivity index (χ0) is 11.2. The van der Waals surface area contributed by atoms with Crippen LogP contribution in [0.3, 0.4) is 0 Å². The molecule has 0 fully saturated rings. The van der Waals surface area contributed by atoms with Crippen molar-refractivity contribution in [2.24, 2.45) is 0 Å². The van der Waals surface area contributed by atoms with Crippen LogP contribution in [0.1, 0.15) is 11.1 Å². The summed E-state index contributed by atoms with van der Waals surface area (Å²) < 4.78 is 2.24. The van der Waals surface area contributed by atoms with Crippen LogP contribution < -0.4 is 0 Å². The molecule has 0 saturated heterocycles. The lowest BCUT2D eigenvalue weighted by Gasteiger charge is -2.18. The van der Waals surface area contributed by atoms with Crippen molar-refractivity contribution in [2.45, 2.75) is 6.42 Å². The van der Waals surface area contributed by atoms with E-state index in [1.54, 1.807) is 11.9 Å². The van der Waals surface area contributed by atoms with E-state index in [0.717, 1.165) is 13.0 Å². The van der Waals surface area contributed by atoms with Gasteiger partial charge in [0.2, 0.25) is 0 Å². The Morgan fingerprint density at radius 1 is 1.19 bits per heavy atom. The van der Waals surface area contributed by atoms with Crippen molar-refractivity contribution in [3.05, 3.63) is 65.7 Å². The molecular formula is C14H15NS. The van der Waals surface area contributed by atoms with Gasteiger partial charge in [-0.25, -0.2) is 0 Å². The third-order valence-electron chi connectivity index (χ3n) is 2.47. The van der Waals surface area contributed by atoms with Crippen LogP contribution in [0.4, 0.5) is 0 Å². The minimum absolute atomic E-state index is 1.04. The van der Waals surface area contributed by atoms with E-state index >= 15 is 0 Å². The van der Waals surface area contributed by atoms with Gasteiger partial charge in [-0.2, -0.15) is 0 Å². The van der Waals surface area contributed by atoms with Gasteiger partial charge in [0.1, 0.15) is 0 Å². The van der Waals surface area contributed by atoms with Crippen molar-refractivity contribution in [3.63, 3.8) is 0 Å². The van der Waals surface area contributed by atoms with Gasteiger partial charge in [0.15, 0.2) is 0 Å². The average Bonchev–Trinajstić information content (AvgIpc) is 2.38. The normalized spacial score (nSPS) is 14.1. The summed E-state index contributed by atoms with van der Waals surface area (Å²) in [6.07, 6.45) is 9.18. The Bertz CT molecular complexity index is 403. The van der Waals surface area contributed by atoms with Crippen LogP contribution in [-0.2, 0) is 6.42 Å². The summed E-state index contributed by atoms with van der Waals surface area (Å²) in [4.78, 5) is 0. The molecule has 1 heterocycles. The van der Waals surface area contributed by atoms with Crippen LogP contribution in [0, 0.1) is 0 Å². The van der Waals surface area contributed by atoms with Crippen molar-refractivity contribution < 1.29 is 0 Å². The maximum absolute atomic E-state index is 3.75. The third kappa shape index (κ3) is 3.04. The lowest BCUT2D eigenvalue weighted by Crippen LogP contribution is -2.12. The summed E-state index contributed by atoms with van der Waals surface area (Å²) >= 11 is 1.74. The average molecular weight is 229 g/mol. The summed E-state index contributed by atoms with van der Waals surface area (Å²) in [6.45, 7) is 4.79. The number of nitrogens with zero attached hydrogens (tertiary/aromatic N) is 1. The first-order chi connectivity index (χ1) is 7.88. The molecular weight excluding hydrogens is 214 g/mol. The molecule has 1 aromatic carbocycles. The molecule has 82 valence electrons. The van der Waals surface area contributed by atoms with E-state index in [2.05, 4.69) is 58.9 Å². The Morgan fingerprint density at radius 3 is 2.62 bits per heavy atom. The quantitative estimate of drug-likeness (QED) is 0.721. The molecule has 1 aliphatic heterocycles. The molecule has 16 heavy (non-hydrogen) atoms. The molecule has 1 nitrogen and oxygen atoms in total. The van der Waals surface area contributed by atoms with Gasteiger partial charge in [0.25, 0.3) is 0 Å². The maximum Gasteiger partial charge on any atom is 0.0332 e. The Hall–Kier alpha value is -1.41. The van der Waals surface area contributed by atoms with Gasteiger partial charge in [-0.3, -0.25) is 0 Å². The highest BCUT2D eigenvalue weighted by Crippen LogP contribution is 2.17. The molecule has 0 atom stereocenters. The summed E-state index contributed by atoms with van der Waals surface area (Å²) in [5, 5.41) is 2.10. The van der Waals surface area contributed by atoms with E-state index in [-0.39, 0.29) is 0 Å². The fourth-order valence-electron chi connectivity index (χ4n) is 1.53. The van der Waals surface area contributed by atoms with Crippen molar-refractivity contribution in [2.75, 3.05) is 6.54 Å². The predicted molar refractivity (Wildman–Crippen MR) is 72.8 cm³/mol. The van der Waals surface area contributed by atoms with Crippen LogP contribution in [0.2, 0.25) is 0 Å². The second-order valence-corrected chi connectivity index (χ2v) is 4.56. The first-order valence-electron chi connectivity index (χ1n) is 5.36. The van der Waals surface area contributed by atoms with Crippen LogP contribution in [0.25, 0.3) is 6.08 Å². The zero-order valence-corrected chi connectivity index (χ0v) is 9.99. The number of allylic oxidation sites excluding steroid dienone is 2. The predicted octanol–water partition coefficient (Wildman–Crippen LogP) is 3.86. The SMILES string of the molecule is C=Cc1ccc(CCN2C=CC=CS2)cc1. The van der Waals surface area contributed by atoms with Gasteiger partial charge in [0, 0.05) is 12.7 Å². The largest absolute Gasteiger partial charge is 0.319 e. The summed E-state index contributed by atoms with van der Waals surface area (Å²) in [5.41, 5.74) is 2.55. The molecule has 0 saturated carbocycles. The first-order valence-corrected chi connectivity index (χ1v) is 6.20. The van der Waals surface area contributed by atoms with Crippen LogP contribution >= 0.6 is 11.9 Å². The Morgan fingerprint density at radius 2 is 2.00 bits per heavy atom. The molecule has 0 aliphatic carbocycles. The highest BCUT2D eigenvalue weighted by Gasteiger charge is 2.01. The number of rotatable bonds is 4. The molecule has 0 amide bonds. The van der Waals surface area contributed by atoms with E-state index in [1.165, 1.54) is 11.1 Å². The second kappa shape index (κ2) is 5.61. The highest BCUT2D eigenvalue weighted by molar-refractivity contribution is 8.00. The van der Waals surface area contributed by atoms with Crippen molar-refractivity contribution in [3.8, 4) is 0 Å². The fraction of sp³-hybridized carbons (Fsp3) is 0.143. The molecule has 2 heteroatoms. The molecule has 0 aromatic heterocycles. The maximum atomic E-state index is 3.75. The van der Waals surface area contributed by atoms with Gasteiger partial charge in [-0.15, -0.1) is 0 Å². The number of benzene rings is 1. The van der Waals surface area contributed by atoms with Crippen LogP contribution in [0.5, 0.6) is 0 Å². The number of hydrogen-bond acceptors (Lipinski definition) is 2. The van der Waals surface area contributed by atoms with E-state index < -0.39 is 0 Å². The monoisotopic (exact) mass is 229 g/mol. The topological polar surface area (TPSA) is 3.24 Å². The Labute approximate surface area is 101 Å². The highest BCUT2D eigenvalue weighted by atomic mass is 32.2. The summed E-state index contributed by atoms with van der Waals surface area (Å²) in [7, 11) is 0. The lowest BCUT2D eigenvalue weighted by molar-refractivity contribution is 0.620. The van der Waals surface area contributed by atoms with Crippen molar-refractivity contribution in [1.82, 2.24) is 4.31 Å². The second-order valence-electron chi connectivity index (χ2n) is 3.61. The van der Waals surface area contributed by atoms with Crippen LogP contribution in [-0.4, -0.2) is 10.8 Å². The minimum atomic E-state index is 1.04. The van der Waals surface area contributed by atoms with Gasteiger partial charge < -0.3 is 4.31 Å². The van der Waals surface area contributed by atoms with Crippen molar-refractivity contribution >= 4 is 18.0 Å². The zero-order valence-electron chi connectivity index (χ0n) is 9.17. The molecule has 0 unspecified atom stereocenters. The molecule has 2 rings (SSSR count). The molecule has 0 N–H and O–H groups in total. The van der Waals surface area contributed by atoms with Gasteiger partial charge >= 0.3 is 0 Å². The van der Waals surface area contributed by atoms with Crippen LogP contribution in [0.15, 0.2) is 54.6 Å². The van der Waals surface area contributed by atoms with E-state index in [1.807, 2.05) is 6.08 Å². The lowest BCUT2D eigenvalue weighted by atomic mass is 10.1. The fourth-order valence-corrected chi connectivity index (χ4v) is 2.18. The van der Waals surface area contributed by atoms with Gasteiger partial charge in [-0.05, 0) is 41.0 Å². The molecule has 1 aromatic rings. The minimum Gasteiger partial charge on any atom is -0.319 e. The van der Waals surface area contributed by atoms with E-state index in [4.69, 9.17) is 0 Å². The molecule has 0 radical (unpaired) electrons. The van der Waals surface area contributed by atoms with Crippen molar-refractivity contribution in [1.29, 1.82) is 0 Å². The first kappa shape index (κ1) is 11.1. The van der Waals surface area contributed by atoms with E-state index in [0.29, 0.717) is 0 Å². The molecule has 0 spiro atoms. The number of hydrogen-bond donors (Lipinski definition) is 0.